The lowest BCUT2D eigenvalue weighted by molar-refractivity contribution is 0.398. The number of rotatable bonds is 9. The molecule has 2 rings (SSSR count). The molecule has 0 aliphatic heterocycles. The van der Waals surface area contributed by atoms with E-state index in [0.717, 1.165) is 11.8 Å². The van der Waals surface area contributed by atoms with Crippen LogP contribution in [-0.2, 0) is 12.8 Å². The highest BCUT2D eigenvalue weighted by Gasteiger charge is 2.11. The Morgan fingerprint density at radius 1 is 0.571 bits per heavy atom. The first-order chi connectivity index (χ1) is 13.2. The molecule has 0 N–H and O–H groups in total. The van der Waals surface area contributed by atoms with Gasteiger partial charge in [0.2, 0.25) is 0 Å². The molecule has 0 fully saturated rings. The van der Waals surface area contributed by atoms with Crippen LogP contribution in [0.25, 0.3) is 0 Å². The second-order valence-corrected chi connectivity index (χ2v) is 9.52. The molecule has 0 saturated heterocycles. The molecule has 0 bridgehead atoms. The van der Waals surface area contributed by atoms with Crippen molar-refractivity contribution in [2.24, 2.45) is 11.8 Å². The maximum atomic E-state index is 2.44. The van der Waals surface area contributed by atoms with Gasteiger partial charge in [0.1, 0.15) is 0 Å². The third-order valence-corrected chi connectivity index (χ3v) is 7.06. The quantitative estimate of drug-likeness (QED) is 0.413. The number of aryl methyl sites for hydroxylation is 5. The zero-order valence-electron chi connectivity index (χ0n) is 19.7. The number of benzene rings is 2. The Labute approximate surface area is 174 Å². The second kappa shape index (κ2) is 10.3. The molecule has 0 aliphatic carbocycles. The molecule has 0 nitrogen and oxygen atoms in total. The lowest BCUT2D eigenvalue weighted by Crippen LogP contribution is -2.05. The van der Waals surface area contributed by atoms with Crippen LogP contribution in [0.15, 0.2) is 24.3 Å². The highest BCUT2D eigenvalue weighted by atomic mass is 14.2. The van der Waals surface area contributed by atoms with Gasteiger partial charge in [-0.1, -0.05) is 51.0 Å². The predicted molar refractivity (Wildman–Crippen MR) is 126 cm³/mol. The zero-order chi connectivity index (χ0) is 20.8. The van der Waals surface area contributed by atoms with Gasteiger partial charge in [0.25, 0.3) is 0 Å². The molecular weight excluding hydrogens is 336 g/mol. The fourth-order valence-corrected chi connectivity index (χ4v) is 4.33. The fourth-order valence-electron chi connectivity index (χ4n) is 4.33. The van der Waals surface area contributed by atoms with Crippen LogP contribution in [0.5, 0.6) is 0 Å². The van der Waals surface area contributed by atoms with Crippen LogP contribution in [0.2, 0.25) is 0 Å². The van der Waals surface area contributed by atoms with Crippen LogP contribution in [0.1, 0.15) is 84.0 Å². The van der Waals surface area contributed by atoms with Gasteiger partial charge in [-0.15, -0.1) is 0 Å². The minimum absolute atomic E-state index is 0.811. The zero-order valence-corrected chi connectivity index (χ0v) is 19.7. The van der Waals surface area contributed by atoms with Gasteiger partial charge in [-0.2, -0.15) is 0 Å². The molecule has 0 amide bonds. The summed E-state index contributed by atoms with van der Waals surface area (Å²) in [6.45, 7) is 18.4. The van der Waals surface area contributed by atoms with Gasteiger partial charge in [-0.25, -0.2) is 0 Å². The lowest BCUT2D eigenvalue weighted by Gasteiger charge is -2.18. The minimum atomic E-state index is 0.811. The van der Waals surface area contributed by atoms with Crippen molar-refractivity contribution in [3.63, 3.8) is 0 Å². The predicted octanol–water partition coefficient (Wildman–Crippen LogP) is 8.15. The van der Waals surface area contributed by atoms with E-state index in [1.165, 1.54) is 77.5 Å². The van der Waals surface area contributed by atoms with Gasteiger partial charge in [-0.05, 0) is 124 Å². The lowest BCUT2D eigenvalue weighted by atomic mass is 9.88. The van der Waals surface area contributed by atoms with E-state index in [0.29, 0.717) is 0 Å². The molecule has 0 spiro atoms. The Balaban J connectivity index is 1.77. The molecule has 154 valence electrons. The molecule has 0 saturated carbocycles. The summed E-state index contributed by atoms with van der Waals surface area (Å²) in [7, 11) is 0. The summed E-state index contributed by atoms with van der Waals surface area (Å²) in [4.78, 5) is 0. The molecular formula is C28H42. The average Bonchev–Trinajstić information content (AvgIpc) is 2.65. The van der Waals surface area contributed by atoms with Gasteiger partial charge in [0.15, 0.2) is 0 Å². The second-order valence-electron chi connectivity index (χ2n) is 9.52. The van der Waals surface area contributed by atoms with E-state index < -0.39 is 0 Å². The van der Waals surface area contributed by atoms with Crippen LogP contribution in [0, 0.1) is 53.4 Å². The largest absolute Gasteiger partial charge is 0.0625 e. The van der Waals surface area contributed by atoms with E-state index in [1.807, 2.05) is 0 Å². The highest BCUT2D eigenvalue weighted by Crippen LogP contribution is 2.25. The van der Waals surface area contributed by atoms with Gasteiger partial charge >= 0.3 is 0 Å². The first-order valence-corrected chi connectivity index (χ1v) is 11.3. The van der Waals surface area contributed by atoms with Crippen LogP contribution in [0.4, 0.5) is 0 Å². The van der Waals surface area contributed by atoms with Crippen molar-refractivity contribution in [3.05, 3.63) is 68.8 Å². The molecule has 2 aromatic carbocycles. The van der Waals surface area contributed by atoms with E-state index in [2.05, 4.69) is 79.7 Å². The third-order valence-electron chi connectivity index (χ3n) is 7.06. The van der Waals surface area contributed by atoms with Crippen LogP contribution >= 0.6 is 0 Å². The standard InChI is InChI=1S/C28H42/c1-19(11-15-27-17-23(5)25(7)24(6)18-27)9-10-20(2)12-16-28-22(4)14-13-21(3)26(28)8/h13-14,17-20H,9-12,15-16H2,1-8H3. The smallest absolute Gasteiger partial charge is 0.0271 e. The average molecular weight is 379 g/mol. The van der Waals surface area contributed by atoms with E-state index in [-0.39, 0.29) is 0 Å². The fraction of sp³-hybridized carbons (Fsp3) is 0.571. The summed E-state index contributed by atoms with van der Waals surface area (Å²) >= 11 is 0. The van der Waals surface area contributed by atoms with Crippen LogP contribution in [0.3, 0.4) is 0 Å². The molecule has 2 atom stereocenters. The number of hydrogen-bond donors (Lipinski definition) is 0. The van der Waals surface area contributed by atoms with E-state index >= 15 is 0 Å². The van der Waals surface area contributed by atoms with Gasteiger partial charge in [-0.3, -0.25) is 0 Å². The Hall–Kier alpha value is -1.56. The summed E-state index contributed by atoms with van der Waals surface area (Å²) in [6.07, 6.45) is 7.79. The monoisotopic (exact) mass is 378 g/mol. The topological polar surface area (TPSA) is 0 Å². The number of hydrogen-bond acceptors (Lipinski definition) is 0. The Kier molecular flexibility index (Phi) is 8.35. The molecule has 0 aromatic heterocycles. The molecule has 0 aliphatic rings. The van der Waals surface area contributed by atoms with E-state index in [9.17, 15) is 0 Å². The maximum absolute atomic E-state index is 2.44. The third kappa shape index (κ3) is 6.23. The van der Waals surface area contributed by atoms with Crippen molar-refractivity contribution in [1.82, 2.24) is 0 Å². The maximum Gasteiger partial charge on any atom is -0.0271 e. The van der Waals surface area contributed by atoms with Gasteiger partial charge < -0.3 is 0 Å². The Morgan fingerprint density at radius 3 is 1.64 bits per heavy atom. The molecule has 0 heterocycles. The van der Waals surface area contributed by atoms with Crippen molar-refractivity contribution in [2.75, 3.05) is 0 Å². The molecule has 2 aromatic rings. The molecule has 0 radical (unpaired) electrons. The molecule has 2 unspecified atom stereocenters. The minimum Gasteiger partial charge on any atom is -0.0625 e. The van der Waals surface area contributed by atoms with Gasteiger partial charge in [0.05, 0.1) is 0 Å². The van der Waals surface area contributed by atoms with Crippen molar-refractivity contribution in [2.45, 2.75) is 93.9 Å². The SMILES string of the molecule is Cc1cc(CCC(C)CCC(C)CCc2c(C)ccc(C)c2C)cc(C)c1C. The summed E-state index contributed by atoms with van der Waals surface area (Å²) in [5.41, 5.74) is 11.8. The van der Waals surface area contributed by atoms with Crippen LogP contribution in [-0.4, -0.2) is 0 Å². The summed E-state index contributed by atoms with van der Waals surface area (Å²) in [5, 5.41) is 0. The van der Waals surface area contributed by atoms with Crippen molar-refractivity contribution >= 4 is 0 Å². The molecule has 28 heavy (non-hydrogen) atoms. The van der Waals surface area contributed by atoms with Gasteiger partial charge in [0, 0.05) is 0 Å². The summed E-state index contributed by atoms with van der Waals surface area (Å²) in [6, 6.07) is 9.34. The van der Waals surface area contributed by atoms with Crippen LogP contribution < -0.4 is 0 Å². The normalized spacial score (nSPS) is 13.6. The first-order valence-electron chi connectivity index (χ1n) is 11.3. The first kappa shape index (κ1) is 22.7. The van der Waals surface area contributed by atoms with Crippen molar-refractivity contribution in [3.8, 4) is 0 Å². The summed E-state index contributed by atoms with van der Waals surface area (Å²) in [5.74, 6) is 1.62. The molecule has 0 heteroatoms. The van der Waals surface area contributed by atoms with Crippen molar-refractivity contribution < 1.29 is 0 Å². The Bertz CT molecular complexity index is 758. The van der Waals surface area contributed by atoms with Crippen molar-refractivity contribution in [1.29, 1.82) is 0 Å². The summed E-state index contributed by atoms with van der Waals surface area (Å²) < 4.78 is 0. The van der Waals surface area contributed by atoms with E-state index in [4.69, 9.17) is 0 Å². The highest BCUT2D eigenvalue weighted by molar-refractivity contribution is 5.39. The Morgan fingerprint density at radius 2 is 1.07 bits per heavy atom. The van der Waals surface area contributed by atoms with E-state index in [1.54, 1.807) is 5.56 Å².